The first-order chi connectivity index (χ1) is 8.60. The van der Waals surface area contributed by atoms with Gasteiger partial charge in [-0.05, 0) is 34.1 Å². The molecule has 5 heteroatoms. The highest BCUT2D eigenvalue weighted by Crippen LogP contribution is 2.24. The highest BCUT2D eigenvalue weighted by atomic mass is 79.9. The highest BCUT2D eigenvalue weighted by molar-refractivity contribution is 9.10. The van der Waals surface area contributed by atoms with E-state index in [9.17, 15) is 9.90 Å². The van der Waals surface area contributed by atoms with Crippen LogP contribution < -0.4 is 0 Å². The number of ether oxygens (including phenoxy) is 1. The molecule has 1 amide bonds. The van der Waals surface area contributed by atoms with Gasteiger partial charge in [0.05, 0.1) is 11.1 Å². The lowest BCUT2D eigenvalue weighted by molar-refractivity contribution is 0.0718. The predicted molar refractivity (Wildman–Crippen MR) is 73.8 cm³/mol. The summed E-state index contributed by atoms with van der Waals surface area (Å²) in [5.41, 5.74) is 0.439. The first-order valence-corrected chi connectivity index (χ1v) is 6.27. The fourth-order valence-electron chi connectivity index (χ4n) is 1.46. The van der Waals surface area contributed by atoms with E-state index < -0.39 is 0 Å². The van der Waals surface area contributed by atoms with Crippen molar-refractivity contribution >= 4 is 21.8 Å². The number of benzene rings is 1. The summed E-state index contributed by atoms with van der Waals surface area (Å²) < 4.78 is 5.52. The molecule has 0 spiro atoms. The summed E-state index contributed by atoms with van der Waals surface area (Å²) in [5, 5.41) is 9.57. The van der Waals surface area contributed by atoms with Crippen LogP contribution in [-0.2, 0) is 4.74 Å². The van der Waals surface area contributed by atoms with Gasteiger partial charge in [0.25, 0.3) is 5.91 Å². The fourth-order valence-corrected chi connectivity index (χ4v) is 1.71. The number of nitrogens with zero attached hydrogens (tertiary/aromatic N) is 1. The van der Waals surface area contributed by atoms with Crippen molar-refractivity contribution in [1.82, 2.24) is 4.90 Å². The molecule has 0 aliphatic carbocycles. The molecule has 0 unspecified atom stereocenters. The number of phenols is 1. The van der Waals surface area contributed by atoms with E-state index in [0.29, 0.717) is 29.7 Å². The number of aromatic hydroxyl groups is 1. The average molecular weight is 314 g/mol. The number of amides is 1. The van der Waals surface area contributed by atoms with Crippen LogP contribution in [0.15, 0.2) is 35.3 Å². The minimum atomic E-state index is -0.158. The van der Waals surface area contributed by atoms with E-state index in [2.05, 4.69) is 22.5 Å². The maximum absolute atomic E-state index is 12.2. The monoisotopic (exact) mass is 313 g/mol. The van der Waals surface area contributed by atoms with Crippen molar-refractivity contribution < 1.29 is 14.6 Å². The zero-order valence-electron chi connectivity index (χ0n) is 10.2. The lowest BCUT2D eigenvalue weighted by atomic mass is 10.2. The van der Waals surface area contributed by atoms with Gasteiger partial charge >= 0.3 is 0 Å². The van der Waals surface area contributed by atoms with E-state index in [1.54, 1.807) is 30.2 Å². The third kappa shape index (κ3) is 3.85. The van der Waals surface area contributed by atoms with E-state index in [-0.39, 0.29) is 11.7 Å². The molecule has 1 aromatic carbocycles. The van der Waals surface area contributed by atoms with Crippen LogP contribution in [0, 0.1) is 0 Å². The van der Waals surface area contributed by atoms with Gasteiger partial charge in [-0.25, -0.2) is 0 Å². The molecule has 4 nitrogen and oxygen atoms in total. The molecule has 0 atom stereocenters. The Morgan fingerprint density at radius 3 is 2.89 bits per heavy atom. The number of hydrogen-bond acceptors (Lipinski definition) is 3. The van der Waals surface area contributed by atoms with Gasteiger partial charge in [0.2, 0.25) is 0 Å². The van der Waals surface area contributed by atoms with Crippen molar-refractivity contribution in [2.75, 3.05) is 26.8 Å². The summed E-state index contributed by atoms with van der Waals surface area (Å²) in [6.45, 7) is 5.01. The van der Waals surface area contributed by atoms with E-state index in [0.717, 1.165) is 0 Å². The molecule has 0 saturated carbocycles. The van der Waals surface area contributed by atoms with Gasteiger partial charge in [0.1, 0.15) is 5.75 Å². The van der Waals surface area contributed by atoms with Crippen LogP contribution in [0.5, 0.6) is 5.75 Å². The predicted octanol–water partition coefficient (Wildman–Crippen LogP) is 2.43. The molecule has 1 rings (SSSR count). The Labute approximate surface area is 115 Å². The molecule has 98 valence electrons. The largest absolute Gasteiger partial charge is 0.507 e. The van der Waals surface area contributed by atoms with Gasteiger partial charge in [-0.15, -0.1) is 6.58 Å². The zero-order valence-corrected chi connectivity index (χ0v) is 11.8. The third-order valence-corrected chi connectivity index (χ3v) is 3.07. The van der Waals surface area contributed by atoms with E-state index >= 15 is 0 Å². The Balaban J connectivity index is 2.86. The molecule has 0 fully saturated rings. The van der Waals surface area contributed by atoms with Crippen LogP contribution >= 0.6 is 15.9 Å². The quantitative estimate of drug-likeness (QED) is 0.821. The van der Waals surface area contributed by atoms with E-state index in [1.165, 1.54) is 6.07 Å². The second-order valence-corrected chi connectivity index (χ2v) is 4.55. The lowest BCUT2D eigenvalue weighted by Gasteiger charge is -2.20. The molecule has 18 heavy (non-hydrogen) atoms. The Hall–Kier alpha value is -1.33. The smallest absolute Gasteiger partial charge is 0.254 e. The number of halogens is 1. The minimum absolute atomic E-state index is 0.0474. The number of methoxy groups -OCH3 is 1. The molecule has 0 saturated heterocycles. The maximum Gasteiger partial charge on any atom is 0.254 e. The SMILES string of the molecule is C=CCN(CCOC)C(=O)c1ccc(Br)c(O)c1. The van der Waals surface area contributed by atoms with Crippen LogP contribution in [-0.4, -0.2) is 42.7 Å². The summed E-state index contributed by atoms with van der Waals surface area (Å²) in [6.07, 6.45) is 1.66. The number of hydrogen-bond donors (Lipinski definition) is 1. The average Bonchev–Trinajstić information content (AvgIpc) is 2.37. The Bertz CT molecular complexity index is 434. The van der Waals surface area contributed by atoms with Crippen molar-refractivity contribution in [3.8, 4) is 5.75 Å². The molecular formula is C13H16BrNO3. The minimum Gasteiger partial charge on any atom is -0.507 e. The third-order valence-electron chi connectivity index (χ3n) is 2.40. The van der Waals surface area contributed by atoms with Gasteiger partial charge in [0.15, 0.2) is 0 Å². The fraction of sp³-hybridized carbons (Fsp3) is 0.308. The van der Waals surface area contributed by atoms with Crippen molar-refractivity contribution in [3.05, 3.63) is 40.9 Å². The summed E-state index contributed by atoms with van der Waals surface area (Å²) in [4.78, 5) is 13.8. The van der Waals surface area contributed by atoms with Gasteiger partial charge in [0, 0.05) is 25.8 Å². The van der Waals surface area contributed by atoms with Crippen molar-refractivity contribution in [3.63, 3.8) is 0 Å². The highest BCUT2D eigenvalue weighted by Gasteiger charge is 2.15. The van der Waals surface area contributed by atoms with Crippen LogP contribution in [0.25, 0.3) is 0 Å². The van der Waals surface area contributed by atoms with Gasteiger partial charge in [-0.1, -0.05) is 6.08 Å². The Morgan fingerprint density at radius 1 is 1.61 bits per heavy atom. The van der Waals surface area contributed by atoms with Gasteiger partial charge in [-0.3, -0.25) is 4.79 Å². The molecule has 0 bridgehead atoms. The second kappa shape index (κ2) is 7.18. The molecule has 1 aromatic rings. The van der Waals surface area contributed by atoms with Gasteiger partial charge < -0.3 is 14.7 Å². The molecule has 0 aliphatic rings. The summed E-state index contributed by atoms with van der Waals surface area (Å²) >= 11 is 3.18. The molecule has 0 heterocycles. The van der Waals surface area contributed by atoms with Gasteiger partial charge in [-0.2, -0.15) is 0 Å². The van der Waals surface area contributed by atoms with Crippen LogP contribution in [0.4, 0.5) is 0 Å². The summed E-state index contributed by atoms with van der Waals surface area (Å²) in [7, 11) is 1.59. The number of rotatable bonds is 6. The topological polar surface area (TPSA) is 49.8 Å². The van der Waals surface area contributed by atoms with Crippen LogP contribution in [0.3, 0.4) is 0 Å². The molecular weight excluding hydrogens is 298 g/mol. The number of carbonyl (C=O) groups is 1. The summed E-state index contributed by atoms with van der Waals surface area (Å²) in [5.74, 6) is -0.110. The number of carbonyl (C=O) groups excluding carboxylic acids is 1. The molecule has 0 aromatic heterocycles. The zero-order chi connectivity index (χ0) is 13.5. The first-order valence-electron chi connectivity index (χ1n) is 5.47. The van der Waals surface area contributed by atoms with E-state index in [4.69, 9.17) is 4.74 Å². The van der Waals surface area contributed by atoms with Crippen molar-refractivity contribution in [1.29, 1.82) is 0 Å². The van der Waals surface area contributed by atoms with Crippen molar-refractivity contribution in [2.45, 2.75) is 0 Å². The van der Waals surface area contributed by atoms with Crippen LogP contribution in [0.1, 0.15) is 10.4 Å². The maximum atomic E-state index is 12.2. The standard InChI is InChI=1S/C13H16BrNO3/c1-3-6-15(7-8-18-2)13(17)10-4-5-11(14)12(16)9-10/h3-5,9,16H,1,6-8H2,2H3. The molecule has 0 aliphatic heterocycles. The van der Waals surface area contributed by atoms with Crippen molar-refractivity contribution in [2.24, 2.45) is 0 Å². The van der Waals surface area contributed by atoms with E-state index in [1.807, 2.05) is 0 Å². The second-order valence-electron chi connectivity index (χ2n) is 3.70. The first kappa shape index (κ1) is 14.7. The Morgan fingerprint density at radius 2 is 2.33 bits per heavy atom. The lowest BCUT2D eigenvalue weighted by Crippen LogP contribution is -2.34. The number of phenolic OH excluding ortho intramolecular Hbond substituents is 1. The van der Waals surface area contributed by atoms with Crippen LogP contribution in [0.2, 0.25) is 0 Å². The Kier molecular flexibility index (Phi) is 5.88. The molecule has 0 radical (unpaired) electrons. The molecule has 1 N–H and O–H groups in total. The summed E-state index contributed by atoms with van der Waals surface area (Å²) in [6, 6.07) is 4.75. The normalized spacial score (nSPS) is 10.1.